The van der Waals surface area contributed by atoms with Crippen molar-refractivity contribution in [1.29, 1.82) is 0 Å². The first kappa shape index (κ1) is 14.6. The van der Waals surface area contributed by atoms with Gasteiger partial charge in [-0.05, 0) is 54.0 Å². The zero-order chi connectivity index (χ0) is 15.4. The predicted octanol–water partition coefficient (Wildman–Crippen LogP) is 5.98. The van der Waals surface area contributed by atoms with Crippen LogP contribution < -0.4 is 0 Å². The molecule has 0 saturated carbocycles. The van der Waals surface area contributed by atoms with E-state index in [9.17, 15) is 0 Å². The molecular weight excluding hydrogens is 264 g/mol. The average molecular weight is 286 g/mol. The van der Waals surface area contributed by atoms with Crippen molar-refractivity contribution in [1.82, 2.24) is 0 Å². The number of benzene rings is 2. The topological polar surface area (TPSA) is 0 Å². The molecule has 0 atom stereocenters. The Labute approximate surface area is 133 Å². The van der Waals surface area contributed by atoms with Crippen molar-refractivity contribution in [2.75, 3.05) is 0 Å². The molecule has 2 aromatic rings. The second-order valence-corrected chi connectivity index (χ2v) is 5.98. The lowest BCUT2D eigenvalue weighted by molar-refractivity contribution is 1.14. The summed E-state index contributed by atoms with van der Waals surface area (Å²) in [5, 5.41) is 0. The van der Waals surface area contributed by atoms with E-state index in [0.717, 1.165) is 19.3 Å². The Morgan fingerprint density at radius 1 is 1.09 bits per heavy atom. The normalized spacial score (nSPS) is 13.2. The number of hydrogen-bond acceptors (Lipinski definition) is 0. The highest BCUT2D eigenvalue weighted by molar-refractivity contribution is 5.74. The lowest BCUT2D eigenvalue weighted by atomic mass is 9.98. The molecule has 0 nitrogen and oxygen atoms in total. The van der Waals surface area contributed by atoms with Gasteiger partial charge in [0.2, 0.25) is 0 Å². The van der Waals surface area contributed by atoms with Crippen molar-refractivity contribution in [2.45, 2.75) is 26.2 Å². The molecule has 0 radical (unpaired) electrons. The van der Waals surface area contributed by atoms with Crippen LogP contribution in [0.4, 0.5) is 0 Å². The van der Waals surface area contributed by atoms with Gasteiger partial charge in [-0.2, -0.15) is 0 Å². The molecule has 3 rings (SSSR count). The van der Waals surface area contributed by atoms with Crippen LogP contribution in [0.5, 0.6) is 0 Å². The monoisotopic (exact) mass is 286 g/mol. The minimum absolute atomic E-state index is 0.938. The molecule has 1 aliphatic carbocycles. The van der Waals surface area contributed by atoms with Crippen molar-refractivity contribution in [3.05, 3.63) is 95.1 Å². The van der Waals surface area contributed by atoms with Crippen LogP contribution in [-0.2, 0) is 6.42 Å². The fourth-order valence-corrected chi connectivity index (χ4v) is 2.99. The molecule has 22 heavy (non-hydrogen) atoms. The van der Waals surface area contributed by atoms with Gasteiger partial charge in [-0.3, -0.25) is 0 Å². The Bertz CT molecular complexity index is 744. The molecule has 0 fully saturated rings. The van der Waals surface area contributed by atoms with Gasteiger partial charge >= 0.3 is 0 Å². The number of aryl methyl sites for hydroxylation is 1. The van der Waals surface area contributed by atoms with Gasteiger partial charge in [-0.25, -0.2) is 0 Å². The summed E-state index contributed by atoms with van der Waals surface area (Å²) in [5.41, 5.74) is 8.17. The van der Waals surface area contributed by atoms with E-state index in [4.69, 9.17) is 0 Å². The fraction of sp³-hybridized carbons (Fsp3) is 0.182. The van der Waals surface area contributed by atoms with Gasteiger partial charge in [-0.15, -0.1) is 0 Å². The second kappa shape index (κ2) is 6.62. The third kappa shape index (κ3) is 3.28. The number of rotatable bonds is 5. The maximum absolute atomic E-state index is 4.25. The van der Waals surface area contributed by atoms with E-state index in [0.29, 0.717) is 0 Å². The fourth-order valence-electron chi connectivity index (χ4n) is 2.99. The van der Waals surface area contributed by atoms with Crippen LogP contribution in [0.3, 0.4) is 0 Å². The highest BCUT2D eigenvalue weighted by Gasteiger charge is 2.13. The molecule has 2 aromatic carbocycles. The molecule has 0 aliphatic heterocycles. The number of hydrogen-bond donors (Lipinski definition) is 0. The zero-order valence-electron chi connectivity index (χ0n) is 13.2. The van der Waals surface area contributed by atoms with E-state index in [1.807, 2.05) is 0 Å². The Balaban J connectivity index is 1.59. The first-order valence-electron chi connectivity index (χ1n) is 7.90. The van der Waals surface area contributed by atoms with Gasteiger partial charge in [0.05, 0.1) is 0 Å². The lowest BCUT2D eigenvalue weighted by Crippen LogP contribution is -1.86. The molecule has 1 aliphatic rings. The molecule has 0 heteroatoms. The summed E-state index contributed by atoms with van der Waals surface area (Å²) in [6, 6.07) is 17.2. The standard InChI is InChI=1S/C22H22/c1-17(8-7-12-19-10-4-3-9-18(19)2)16-21-15-14-20-11-5-6-13-22(20)21/h3-7,9-13,15H,1,8,14,16H2,2H3. The summed E-state index contributed by atoms with van der Waals surface area (Å²) >= 11 is 0. The highest BCUT2D eigenvalue weighted by Crippen LogP contribution is 2.32. The smallest absolute Gasteiger partial charge is 0.00637 e. The highest BCUT2D eigenvalue weighted by atomic mass is 14.2. The van der Waals surface area contributed by atoms with E-state index < -0.39 is 0 Å². The van der Waals surface area contributed by atoms with Crippen molar-refractivity contribution in [2.24, 2.45) is 0 Å². The summed E-state index contributed by atoms with van der Waals surface area (Å²) in [4.78, 5) is 0. The average Bonchev–Trinajstić information content (AvgIpc) is 2.92. The summed E-state index contributed by atoms with van der Waals surface area (Å²) in [6.07, 6.45) is 9.77. The molecule has 0 aromatic heterocycles. The van der Waals surface area contributed by atoms with E-state index in [-0.39, 0.29) is 0 Å². The Kier molecular flexibility index (Phi) is 4.39. The van der Waals surface area contributed by atoms with Crippen LogP contribution in [0.2, 0.25) is 0 Å². The van der Waals surface area contributed by atoms with Crippen LogP contribution in [0.1, 0.15) is 35.1 Å². The van der Waals surface area contributed by atoms with Crippen LogP contribution in [0.25, 0.3) is 11.6 Å². The molecule has 110 valence electrons. The van der Waals surface area contributed by atoms with Crippen molar-refractivity contribution >= 4 is 11.6 Å². The summed E-state index contributed by atoms with van der Waals surface area (Å²) in [6.45, 7) is 6.40. The maximum Gasteiger partial charge on any atom is -0.00637 e. The molecule has 0 N–H and O–H groups in total. The lowest BCUT2D eigenvalue weighted by Gasteiger charge is -2.07. The second-order valence-electron chi connectivity index (χ2n) is 5.98. The Morgan fingerprint density at radius 3 is 2.73 bits per heavy atom. The van der Waals surface area contributed by atoms with Crippen LogP contribution >= 0.6 is 0 Å². The van der Waals surface area contributed by atoms with E-state index >= 15 is 0 Å². The molecule has 0 amide bonds. The van der Waals surface area contributed by atoms with Gasteiger partial charge in [-0.1, -0.05) is 78.9 Å². The minimum atomic E-state index is 0.938. The Morgan fingerprint density at radius 2 is 1.86 bits per heavy atom. The van der Waals surface area contributed by atoms with Gasteiger partial charge in [0.15, 0.2) is 0 Å². The summed E-state index contributed by atoms with van der Waals surface area (Å²) in [5.74, 6) is 0. The summed E-state index contributed by atoms with van der Waals surface area (Å²) in [7, 11) is 0. The van der Waals surface area contributed by atoms with Gasteiger partial charge in [0, 0.05) is 0 Å². The minimum Gasteiger partial charge on any atom is -0.0992 e. The SMILES string of the molecule is C=C(CC=Cc1ccccc1C)CC1=CCc2ccccc21. The van der Waals surface area contributed by atoms with E-state index in [1.165, 1.54) is 33.4 Å². The molecule has 0 heterocycles. The van der Waals surface area contributed by atoms with Crippen LogP contribution in [-0.4, -0.2) is 0 Å². The number of fused-ring (bicyclic) bond motifs is 1. The molecule has 0 saturated heterocycles. The maximum atomic E-state index is 4.25. The van der Waals surface area contributed by atoms with Gasteiger partial charge in [0.1, 0.15) is 0 Å². The molecular formula is C22H22. The molecule has 0 unspecified atom stereocenters. The molecule has 0 spiro atoms. The zero-order valence-corrected chi connectivity index (χ0v) is 13.2. The number of allylic oxidation sites excluding steroid dienone is 4. The van der Waals surface area contributed by atoms with Crippen molar-refractivity contribution in [3.63, 3.8) is 0 Å². The van der Waals surface area contributed by atoms with Crippen molar-refractivity contribution in [3.8, 4) is 0 Å². The van der Waals surface area contributed by atoms with Crippen LogP contribution in [0.15, 0.2) is 72.8 Å². The van der Waals surface area contributed by atoms with Gasteiger partial charge < -0.3 is 0 Å². The Hall–Kier alpha value is -2.34. The first-order valence-corrected chi connectivity index (χ1v) is 7.90. The quantitative estimate of drug-likeness (QED) is 0.593. The van der Waals surface area contributed by atoms with Gasteiger partial charge in [0.25, 0.3) is 0 Å². The van der Waals surface area contributed by atoms with E-state index in [2.05, 4.69) is 80.3 Å². The largest absolute Gasteiger partial charge is 0.0992 e. The van der Waals surface area contributed by atoms with Crippen molar-refractivity contribution < 1.29 is 0 Å². The summed E-state index contributed by atoms with van der Waals surface area (Å²) < 4.78 is 0. The third-order valence-corrected chi connectivity index (χ3v) is 4.26. The third-order valence-electron chi connectivity index (χ3n) is 4.26. The predicted molar refractivity (Wildman–Crippen MR) is 96.7 cm³/mol. The molecule has 0 bridgehead atoms. The first-order chi connectivity index (χ1) is 10.7. The van der Waals surface area contributed by atoms with Crippen LogP contribution in [0, 0.1) is 6.92 Å². The van der Waals surface area contributed by atoms with E-state index in [1.54, 1.807) is 0 Å².